The molecule has 0 aliphatic rings. The van der Waals surface area contributed by atoms with Crippen molar-refractivity contribution in [1.82, 2.24) is 9.38 Å². The summed E-state index contributed by atoms with van der Waals surface area (Å²) in [5.41, 5.74) is 0.617. The number of hydrogen-bond donors (Lipinski definition) is 1. The number of nitrogens with zero attached hydrogens (tertiary/aromatic N) is 3. The maximum atomic E-state index is 11.3. The second kappa shape index (κ2) is 5.53. The lowest BCUT2D eigenvalue weighted by Gasteiger charge is -2.10. The van der Waals surface area contributed by atoms with Crippen LogP contribution in [-0.2, 0) is 0 Å². The van der Waals surface area contributed by atoms with Crippen LogP contribution in [0.25, 0.3) is 4.96 Å². The number of methoxy groups -OCH3 is 2. The van der Waals surface area contributed by atoms with E-state index in [2.05, 4.69) is 10.3 Å². The number of nitro groups is 1. The third-order valence-corrected chi connectivity index (χ3v) is 3.81. The van der Waals surface area contributed by atoms with Gasteiger partial charge in [0.2, 0.25) is 5.82 Å². The number of hydrogen-bond acceptors (Lipinski definition) is 7. The van der Waals surface area contributed by atoms with Crippen molar-refractivity contribution in [2.24, 2.45) is 0 Å². The molecular weight excluding hydrogens is 308 g/mol. The molecule has 114 valence electrons. The number of thiazole rings is 1. The van der Waals surface area contributed by atoms with Gasteiger partial charge in [-0.05, 0) is 17.1 Å². The Hall–Kier alpha value is -2.81. The minimum atomic E-state index is -0.462. The Morgan fingerprint density at radius 1 is 1.32 bits per heavy atom. The van der Waals surface area contributed by atoms with Crippen LogP contribution < -0.4 is 14.8 Å². The molecular formula is C13H12N4O4S. The van der Waals surface area contributed by atoms with Gasteiger partial charge in [-0.1, -0.05) is 11.3 Å². The Bertz CT molecular complexity index is 842. The van der Waals surface area contributed by atoms with Crippen LogP contribution in [0.2, 0.25) is 0 Å². The van der Waals surface area contributed by atoms with E-state index in [1.807, 2.05) is 0 Å². The van der Waals surface area contributed by atoms with E-state index in [0.29, 0.717) is 22.1 Å². The molecule has 2 aromatic heterocycles. The van der Waals surface area contributed by atoms with Gasteiger partial charge in [0, 0.05) is 17.1 Å². The van der Waals surface area contributed by atoms with E-state index in [0.717, 1.165) is 0 Å². The lowest BCUT2D eigenvalue weighted by Crippen LogP contribution is -1.99. The summed E-state index contributed by atoms with van der Waals surface area (Å²) < 4.78 is 11.8. The summed E-state index contributed by atoms with van der Waals surface area (Å²) in [4.78, 5) is 15.6. The highest BCUT2D eigenvalue weighted by Crippen LogP contribution is 2.34. The van der Waals surface area contributed by atoms with Crippen LogP contribution in [0.5, 0.6) is 11.5 Å². The van der Waals surface area contributed by atoms with Crippen LogP contribution in [-0.4, -0.2) is 28.5 Å². The van der Waals surface area contributed by atoms with Gasteiger partial charge in [-0.2, -0.15) is 9.38 Å². The summed E-state index contributed by atoms with van der Waals surface area (Å²) >= 11 is 1.33. The SMILES string of the molecule is COc1ccc(Nc2nc3sccn3c2[N+](=O)[O-])cc1OC. The van der Waals surface area contributed by atoms with Crippen molar-refractivity contribution < 1.29 is 14.4 Å². The highest BCUT2D eigenvalue weighted by molar-refractivity contribution is 7.15. The minimum Gasteiger partial charge on any atom is -0.493 e. The van der Waals surface area contributed by atoms with Crippen LogP contribution in [0.15, 0.2) is 29.8 Å². The van der Waals surface area contributed by atoms with Gasteiger partial charge in [0.05, 0.1) is 14.2 Å². The molecule has 8 nitrogen and oxygen atoms in total. The number of nitrogens with one attached hydrogen (secondary N) is 1. The maximum Gasteiger partial charge on any atom is 0.373 e. The van der Waals surface area contributed by atoms with E-state index in [9.17, 15) is 10.1 Å². The number of ether oxygens (including phenoxy) is 2. The molecule has 9 heteroatoms. The summed E-state index contributed by atoms with van der Waals surface area (Å²) in [5, 5.41) is 16.0. The zero-order chi connectivity index (χ0) is 15.7. The van der Waals surface area contributed by atoms with Gasteiger partial charge in [0.1, 0.15) is 6.20 Å². The van der Waals surface area contributed by atoms with E-state index < -0.39 is 4.92 Å². The molecule has 0 aliphatic heterocycles. The van der Waals surface area contributed by atoms with Gasteiger partial charge in [0.15, 0.2) is 11.5 Å². The molecule has 0 bridgehead atoms. The lowest BCUT2D eigenvalue weighted by atomic mass is 10.2. The van der Waals surface area contributed by atoms with Crippen molar-refractivity contribution >= 4 is 33.6 Å². The molecule has 0 aliphatic carbocycles. The monoisotopic (exact) mass is 320 g/mol. The van der Waals surface area contributed by atoms with Crippen LogP contribution >= 0.6 is 11.3 Å². The fourth-order valence-corrected chi connectivity index (χ4v) is 2.79. The second-order valence-electron chi connectivity index (χ2n) is 4.29. The molecule has 0 spiro atoms. The zero-order valence-electron chi connectivity index (χ0n) is 11.8. The summed E-state index contributed by atoms with van der Waals surface area (Å²) in [6, 6.07) is 5.14. The normalized spacial score (nSPS) is 10.6. The Morgan fingerprint density at radius 3 is 2.77 bits per heavy atom. The zero-order valence-corrected chi connectivity index (χ0v) is 12.6. The van der Waals surface area contributed by atoms with E-state index in [1.54, 1.807) is 36.9 Å². The Morgan fingerprint density at radius 2 is 2.09 bits per heavy atom. The number of fused-ring (bicyclic) bond motifs is 1. The molecule has 0 unspecified atom stereocenters. The van der Waals surface area contributed by atoms with Crippen LogP contribution in [0.4, 0.5) is 17.3 Å². The molecule has 0 fully saturated rings. The molecule has 3 aromatic rings. The molecule has 2 heterocycles. The van der Waals surface area contributed by atoms with Crippen molar-refractivity contribution in [2.75, 3.05) is 19.5 Å². The van der Waals surface area contributed by atoms with Crippen LogP contribution in [0.3, 0.4) is 0 Å². The Kier molecular flexibility index (Phi) is 3.55. The third-order valence-electron chi connectivity index (χ3n) is 3.06. The first-order chi connectivity index (χ1) is 10.6. The molecule has 0 saturated heterocycles. The first-order valence-electron chi connectivity index (χ1n) is 6.23. The molecule has 0 radical (unpaired) electrons. The third kappa shape index (κ3) is 2.31. The highest BCUT2D eigenvalue weighted by Gasteiger charge is 2.23. The van der Waals surface area contributed by atoms with Gasteiger partial charge < -0.3 is 24.9 Å². The average Bonchev–Trinajstić information content (AvgIpc) is 3.06. The standard InChI is InChI=1S/C13H12N4O4S/c1-20-9-4-3-8(7-10(9)21-2)14-11-12(17(18)19)16-5-6-22-13(16)15-11/h3-7,14H,1-2H3. The van der Waals surface area contributed by atoms with Gasteiger partial charge in [-0.15, -0.1) is 0 Å². The topological polar surface area (TPSA) is 90.9 Å². The Labute approximate surface area is 129 Å². The average molecular weight is 320 g/mol. The molecule has 0 saturated carbocycles. The van der Waals surface area contributed by atoms with Gasteiger partial charge in [0.25, 0.3) is 4.96 Å². The van der Waals surface area contributed by atoms with Crippen molar-refractivity contribution in [3.63, 3.8) is 0 Å². The predicted molar refractivity (Wildman–Crippen MR) is 82.6 cm³/mol. The van der Waals surface area contributed by atoms with Crippen LogP contribution in [0.1, 0.15) is 0 Å². The molecule has 1 N–H and O–H groups in total. The van der Waals surface area contributed by atoms with Crippen molar-refractivity contribution in [3.8, 4) is 11.5 Å². The van der Waals surface area contributed by atoms with Gasteiger partial charge in [-0.25, -0.2) is 0 Å². The van der Waals surface area contributed by atoms with E-state index in [4.69, 9.17) is 9.47 Å². The van der Waals surface area contributed by atoms with Crippen LogP contribution in [0, 0.1) is 10.1 Å². The number of anilines is 2. The van der Waals surface area contributed by atoms with E-state index >= 15 is 0 Å². The number of aromatic nitrogens is 2. The first kappa shape index (κ1) is 14.1. The van der Waals surface area contributed by atoms with Gasteiger partial charge >= 0.3 is 5.82 Å². The second-order valence-corrected chi connectivity index (χ2v) is 5.16. The van der Waals surface area contributed by atoms with Crippen molar-refractivity contribution in [2.45, 2.75) is 0 Å². The van der Waals surface area contributed by atoms with Gasteiger partial charge in [-0.3, -0.25) is 0 Å². The largest absolute Gasteiger partial charge is 0.493 e. The highest BCUT2D eigenvalue weighted by atomic mass is 32.1. The molecule has 3 rings (SSSR count). The molecule has 22 heavy (non-hydrogen) atoms. The smallest absolute Gasteiger partial charge is 0.373 e. The van der Waals surface area contributed by atoms with Crippen molar-refractivity contribution in [3.05, 3.63) is 39.9 Å². The number of rotatable bonds is 5. The summed E-state index contributed by atoms with van der Waals surface area (Å²) in [5.74, 6) is 1.18. The summed E-state index contributed by atoms with van der Waals surface area (Å²) in [6.45, 7) is 0. The molecule has 0 amide bonds. The maximum absolute atomic E-state index is 11.3. The van der Waals surface area contributed by atoms with E-state index in [-0.39, 0.29) is 11.6 Å². The Balaban J connectivity index is 2.01. The fraction of sp³-hybridized carbons (Fsp3) is 0.154. The minimum absolute atomic E-state index is 0.106. The predicted octanol–water partition coefficient (Wildman–Crippen LogP) is 3.06. The molecule has 1 aromatic carbocycles. The summed E-state index contributed by atoms with van der Waals surface area (Å²) in [7, 11) is 3.07. The molecule has 0 atom stereocenters. The lowest BCUT2D eigenvalue weighted by molar-refractivity contribution is -0.389. The summed E-state index contributed by atoms with van der Waals surface area (Å²) in [6.07, 6.45) is 1.62. The van der Waals surface area contributed by atoms with Crippen molar-refractivity contribution in [1.29, 1.82) is 0 Å². The quantitative estimate of drug-likeness (QED) is 0.574. The number of imidazole rings is 1. The van der Waals surface area contributed by atoms with E-state index in [1.165, 1.54) is 22.8 Å². The fourth-order valence-electron chi connectivity index (χ4n) is 2.08. The number of benzene rings is 1. The first-order valence-corrected chi connectivity index (χ1v) is 7.11.